The molecule has 19 heavy (non-hydrogen) atoms. The third-order valence-electron chi connectivity index (χ3n) is 3.65. The molecular weight excluding hydrogens is 260 g/mol. The van der Waals surface area contributed by atoms with Gasteiger partial charge < -0.3 is 11.1 Å². The minimum Gasteiger partial charge on any atom is -0.399 e. The van der Waals surface area contributed by atoms with Crippen LogP contribution < -0.4 is 11.1 Å². The Kier molecular flexibility index (Phi) is 6.16. The summed E-state index contributed by atoms with van der Waals surface area (Å²) < 4.78 is 0. The van der Waals surface area contributed by atoms with Crippen LogP contribution in [-0.2, 0) is 11.2 Å². The smallest absolute Gasteiger partial charge is 0.224 e. The summed E-state index contributed by atoms with van der Waals surface area (Å²) in [6, 6.07) is 7.88. The van der Waals surface area contributed by atoms with E-state index in [0.717, 1.165) is 30.0 Å². The molecule has 3 nitrogen and oxygen atoms in total. The number of hydrogen-bond acceptors (Lipinski definition) is 2. The molecule has 1 aliphatic carbocycles. The van der Waals surface area contributed by atoms with Crippen LogP contribution in [0, 0.1) is 5.92 Å². The molecule has 4 heteroatoms. The van der Waals surface area contributed by atoms with Gasteiger partial charge in [-0.1, -0.05) is 31.9 Å². The van der Waals surface area contributed by atoms with Gasteiger partial charge in [-0.25, -0.2) is 0 Å². The second-order valence-electron chi connectivity index (χ2n) is 5.45. The van der Waals surface area contributed by atoms with Crippen molar-refractivity contribution >= 4 is 24.0 Å². The molecule has 3 N–H and O–H groups in total. The fourth-order valence-corrected chi connectivity index (χ4v) is 2.66. The minimum absolute atomic E-state index is 0. The SMILES string of the molecule is CC1CCCC(NC(=O)Cc2ccc(N)cc2)C1.Cl. The van der Waals surface area contributed by atoms with Gasteiger partial charge in [0.25, 0.3) is 0 Å². The molecule has 0 spiro atoms. The predicted octanol–water partition coefficient (Wildman–Crippen LogP) is 2.93. The molecule has 0 aliphatic heterocycles. The third kappa shape index (κ3) is 5.11. The number of anilines is 1. The van der Waals surface area contributed by atoms with Crippen molar-refractivity contribution in [1.82, 2.24) is 5.32 Å². The Labute approximate surface area is 121 Å². The van der Waals surface area contributed by atoms with Gasteiger partial charge in [0.2, 0.25) is 5.91 Å². The first kappa shape index (κ1) is 15.8. The highest BCUT2D eigenvalue weighted by molar-refractivity contribution is 5.85. The van der Waals surface area contributed by atoms with E-state index in [1.807, 2.05) is 24.3 Å². The van der Waals surface area contributed by atoms with E-state index in [9.17, 15) is 4.79 Å². The minimum atomic E-state index is 0. The number of halogens is 1. The molecule has 1 aromatic rings. The van der Waals surface area contributed by atoms with Crippen molar-refractivity contribution < 1.29 is 4.79 Å². The first-order chi connectivity index (χ1) is 8.63. The Morgan fingerprint density at radius 1 is 1.32 bits per heavy atom. The summed E-state index contributed by atoms with van der Waals surface area (Å²) in [6.45, 7) is 2.26. The molecule has 2 unspecified atom stereocenters. The Morgan fingerprint density at radius 3 is 2.63 bits per heavy atom. The lowest BCUT2D eigenvalue weighted by atomic mass is 9.87. The van der Waals surface area contributed by atoms with Crippen molar-refractivity contribution in [3.8, 4) is 0 Å². The number of nitrogens with one attached hydrogen (secondary N) is 1. The highest BCUT2D eigenvalue weighted by atomic mass is 35.5. The van der Waals surface area contributed by atoms with Gasteiger partial charge in [-0.05, 0) is 36.5 Å². The number of hydrogen-bond donors (Lipinski definition) is 2. The average Bonchev–Trinajstić information content (AvgIpc) is 2.32. The van der Waals surface area contributed by atoms with Crippen molar-refractivity contribution in [3.05, 3.63) is 29.8 Å². The Bertz CT molecular complexity index is 405. The summed E-state index contributed by atoms with van der Waals surface area (Å²) in [5, 5.41) is 3.14. The van der Waals surface area contributed by atoms with Crippen molar-refractivity contribution in [1.29, 1.82) is 0 Å². The molecule has 2 atom stereocenters. The summed E-state index contributed by atoms with van der Waals surface area (Å²) in [7, 11) is 0. The van der Waals surface area contributed by atoms with Crippen LogP contribution in [0.5, 0.6) is 0 Å². The van der Waals surface area contributed by atoms with Gasteiger partial charge in [0.05, 0.1) is 6.42 Å². The molecule has 1 aliphatic rings. The lowest BCUT2D eigenvalue weighted by Gasteiger charge is -2.27. The fourth-order valence-electron chi connectivity index (χ4n) is 2.66. The summed E-state index contributed by atoms with van der Waals surface area (Å²) in [4.78, 5) is 11.9. The van der Waals surface area contributed by atoms with Crippen LogP contribution in [0.3, 0.4) is 0 Å². The van der Waals surface area contributed by atoms with E-state index in [1.54, 1.807) is 0 Å². The van der Waals surface area contributed by atoms with Crippen molar-refractivity contribution in [2.75, 3.05) is 5.73 Å². The van der Waals surface area contributed by atoms with Crippen molar-refractivity contribution in [2.24, 2.45) is 5.92 Å². The summed E-state index contributed by atoms with van der Waals surface area (Å²) in [6.07, 6.45) is 5.22. The summed E-state index contributed by atoms with van der Waals surface area (Å²) in [5.41, 5.74) is 7.38. The molecule has 0 saturated heterocycles. The van der Waals surface area contributed by atoms with Gasteiger partial charge in [-0.2, -0.15) is 0 Å². The molecule has 0 aromatic heterocycles. The monoisotopic (exact) mass is 282 g/mol. The quantitative estimate of drug-likeness (QED) is 0.838. The summed E-state index contributed by atoms with van der Waals surface area (Å²) in [5.74, 6) is 0.861. The number of benzene rings is 1. The second kappa shape index (κ2) is 7.39. The summed E-state index contributed by atoms with van der Waals surface area (Å²) >= 11 is 0. The highest BCUT2D eigenvalue weighted by Crippen LogP contribution is 2.23. The van der Waals surface area contributed by atoms with Crippen LogP contribution in [0.25, 0.3) is 0 Å². The zero-order valence-corrected chi connectivity index (χ0v) is 12.2. The molecular formula is C15H23ClN2O. The lowest BCUT2D eigenvalue weighted by molar-refractivity contribution is -0.121. The number of rotatable bonds is 3. The van der Waals surface area contributed by atoms with Crippen LogP contribution in [0.4, 0.5) is 5.69 Å². The van der Waals surface area contributed by atoms with Crippen LogP contribution in [0.2, 0.25) is 0 Å². The zero-order chi connectivity index (χ0) is 13.0. The Hall–Kier alpha value is -1.22. The zero-order valence-electron chi connectivity index (χ0n) is 11.4. The normalized spacial score (nSPS) is 22.4. The fraction of sp³-hybridized carbons (Fsp3) is 0.533. The molecule has 1 saturated carbocycles. The number of carbonyl (C=O) groups is 1. The maximum atomic E-state index is 11.9. The molecule has 1 amide bonds. The number of carbonyl (C=O) groups excluding carboxylic acids is 1. The van der Waals surface area contributed by atoms with E-state index in [0.29, 0.717) is 12.5 Å². The molecule has 0 bridgehead atoms. The lowest BCUT2D eigenvalue weighted by Crippen LogP contribution is -2.38. The van der Waals surface area contributed by atoms with Crippen LogP contribution >= 0.6 is 12.4 Å². The van der Waals surface area contributed by atoms with E-state index in [2.05, 4.69) is 12.2 Å². The maximum absolute atomic E-state index is 11.9. The van der Waals surface area contributed by atoms with E-state index in [-0.39, 0.29) is 18.3 Å². The first-order valence-corrected chi connectivity index (χ1v) is 6.77. The van der Waals surface area contributed by atoms with Gasteiger partial charge in [0.1, 0.15) is 0 Å². The topological polar surface area (TPSA) is 55.1 Å². The molecule has 0 heterocycles. The first-order valence-electron chi connectivity index (χ1n) is 6.77. The second-order valence-corrected chi connectivity index (χ2v) is 5.45. The Balaban J connectivity index is 0.00000180. The van der Waals surface area contributed by atoms with Gasteiger partial charge in [0.15, 0.2) is 0 Å². The number of amides is 1. The van der Waals surface area contributed by atoms with Gasteiger partial charge in [-0.3, -0.25) is 4.79 Å². The number of nitrogens with two attached hydrogens (primary N) is 1. The van der Waals surface area contributed by atoms with E-state index >= 15 is 0 Å². The molecule has 1 aromatic carbocycles. The highest BCUT2D eigenvalue weighted by Gasteiger charge is 2.20. The van der Waals surface area contributed by atoms with E-state index in [4.69, 9.17) is 5.73 Å². The van der Waals surface area contributed by atoms with Crippen LogP contribution in [0.1, 0.15) is 38.2 Å². The molecule has 0 radical (unpaired) electrons. The maximum Gasteiger partial charge on any atom is 0.224 e. The molecule has 2 rings (SSSR count). The Morgan fingerprint density at radius 2 is 2.00 bits per heavy atom. The van der Waals surface area contributed by atoms with Crippen molar-refractivity contribution in [3.63, 3.8) is 0 Å². The van der Waals surface area contributed by atoms with Gasteiger partial charge in [0, 0.05) is 11.7 Å². The van der Waals surface area contributed by atoms with E-state index < -0.39 is 0 Å². The molecule has 106 valence electrons. The van der Waals surface area contributed by atoms with Gasteiger partial charge in [-0.15, -0.1) is 12.4 Å². The number of nitrogen functional groups attached to an aromatic ring is 1. The molecule has 1 fully saturated rings. The van der Waals surface area contributed by atoms with Crippen LogP contribution in [0.15, 0.2) is 24.3 Å². The average molecular weight is 283 g/mol. The standard InChI is InChI=1S/C15H22N2O.ClH/c1-11-3-2-4-14(9-11)17-15(18)10-12-5-7-13(16)8-6-12;/h5-8,11,14H,2-4,9-10,16H2,1H3,(H,17,18);1H. The predicted molar refractivity (Wildman–Crippen MR) is 81.4 cm³/mol. The van der Waals surface area contributed by atoms with Crippen molar-refractivity contribution in [2.45, 2.75) is 45.1 Å². The third-order valence-corrected chi connectivity index (χ3v) is 3.65. The van der Waals surface area contributed by atoms with E-state index in [1.165, 1.54) is 12.8 Å². The largest absolute Gasteiger partial charge is 0.399 e. The van der Waals surface area contributed by atoms with Crippen LogP contribution in [-0.4, -0.2) is 11.9 Å². The van der Waals surface area contributed by atoms with Gasteiger partial charge >= 0.3 is 0 Å².